The molecule has 0 bridgehead atoms. The van der Waals surface area contributed by atoms with E-state index in [1.807, 2.05) is 51.3 Å². The summed E-state index contributed by atoms with van der Waals surface area (Å²) in [6, 6.07) is 0. The highest BCUT2D eigenvalue weighted by Gasteiger charge is 2.44. The molecule has 0 spiro atoms. The maximum atomic E-state index is 13.8. The number of halogens is 3. The molecular formula is C31H43Cl3N2O6S. The van der Waals surface area contributed by atoms with Crippen LogP contribution in [0.5, 0.6) is 0 Å². The molecule has 0 fully saturated rings. The van der Waals surface area contributed by atoms with Gasteiger partial charge in [0, 0.05) is 24.9 Å². The Balaban J connectivity index is 2.47. The Bertz CT molecular complexity index is 1240. The first-order valence-corrected chi connectivity index (χ1v) is 16.1. The van der Waals surface area contributed by atoms with Gasteiger partial charge in [-0.1, -0.05) is 91.9 Å². The quantitative estimate of drug-likeness (QED) is 0.263. The van der Waals surface area contributed by atoms with Crippen molar-refractivity contribution < 1.29 is 29.0 Å². The third kappa shape index (κ3) is 11.5. The molecular weight excluding hydrogens is 635 g/mol. The van der Waals surface area contributed by atoms with Gasteiger partial charge < -0.3 is 19.5 Å². The normalized spacial score (nSPS) is 26.7. The molecule has 0 radical (unpaired) electrons. The molecule has 43 heavy (non-hydrogen) atoms. The van der Waals surface area contributed by atoms with Gasteiger partial charge in [0.2, 0.25) is 9.70 Å². The van der Waals surface area contributed by atoms with Crippen LogP contribution in [0.3, 0.4) is 0 Å². The van der Waals surface area contributed by atoms with Crippen molar-refractivity contribution in [1.29, 1.82) is 0 Å². The van der Waals surface area contributed by atoms with Crippen LogP contribution in [0.4, 0.5) is 4.79 Å². The number of allylic oxidation sites excluding steroid dienone is 3. The molecule has 0 unspecified atom stereocenters. The van der Waals surface area contributed by atoms with Crippen LogP contribution in [-0.4, -0.2) is 69.0 Å². The molecule has 1 N–H and O–H groups in total. The number of ketones is 1. The SMILES string of the molecule is CC1=C[C@@H](C(C)=Cc2csc(C)n2)CN(C)C(=O)C[C@H](O)C(C)(C)C(=O)[C@H](C)[C@@H](OC(=O)OCC(Cl)(Cl)Cl)[C@@H](C)CC=C1. The van der Waals surface area contributed by atoms with Gasteiger partial charge in [-0.05, 0) is 39.2 Å². The van der Waals surface area contributed by atoms with Crippen molar-refractivity contribution >= 4 is 70.1 Å². The van der Waals surface area contributed by atoms with E-state index in [1.54, 1.807) is 44.1 Å². The van der Waals surface area contributed by atoms with Gasteiger partial charge in [0.1, 0.15) is 18.5 Å². The third-order valence-electron chi connectivity index (χ3n) is 7.74. The van der Waals surface area contributed by atoms with Crippen molar-refractivity contribution in [3.8, 4) is 0 Å². The van der Waals surface area contributed by atoms with E-state index >= 15 is 0 Å². The summed E-state index contributed by atoms with van der Waals surface area (Å²) in [5.74, 6) is -1.93. The van der Waals surface area contributed by atoms with Gasteiger partial charge in [-0.2, -0.15) is 0 Å². The molecule has 1 aliphatic rings. The monoisotopic (exact) mass is 676 g/mol. The lowest BCUT2D eigenvalue weighted by atomic mass is 9.73. The molecule has 0 aliphatic carbocycles. The Morgan fingerprint density at radius 1 is 1.26 bits per heavy atom. The van der Waals surface area contributed by atoms with E-state index in [0.717, 1.165) is 21.8 Å². The minimum atomic E-state index is -1.82. The van der Waals surface area contributed by atoms with Crippen molar-refractivity contribution in [3.05, 3.63) is 45.5 Å². The van der Waals surface area contributed by atoms with Gasteiger partial charge in [0.05, 0.1) is 34.6 Å². The fraction of sp³-hybridized carbons (Fsp3) is 0.613. The van der Waals surface area contributed by atoms with Crippen molar-refractivity contribution in [2.24, 2.45) is 23.2 Å². The Hall–Kier alpha value is -1.91. The fourth-order valence-corrected chi connectivity index (χ4v) is 5.69. The number of ether oxygens (including phenoxy) is 2. The number of rotatable bonds is 4. The third-order valence-corrected chi connectivity index (χ3v) is 8.85. The lowest BCUT2D eigenvalue weighted by Gasteiger charge is -2.36. The number of nitrogens with zero attached hydrogens (tertiary/aromatic N) is 2. The fourth-order valence-electron chi connectivity index (χ4n) is 4.96. The summed E-state index contributed by atoms with van der Waals surface area (Å²) in [6.45, 7) is 12.5. The average molecular weight is 678 g/mol. The second-order valence-corrected chi connectivity index (χ2v) is 15.5. The molecule has 240 valence electrons. The Morgan fingerprint density at radius 2 is 1.91 bits per heavy atom. The van der Waals surface area contributed by atoms with E-state index in [-0.39, 0.29) is 29.9 Å². The summed E-state index contributed by atoms with van der Waals surface area (Å²) in [5.41, 5.74) is 1.54. The topological polar surface area (TPSA) is 106 Å². The molecule has 0 saturated carbocycles. The van der Waals surface area contributed by atoms with Crippen LogP contribution in [-0.2, 0) is 19.1 Å². The zero-order valence-electron chi connectivity index (χ0n) is 26.0. The summed E-state index contributed by atoms with van der Waals surface area (Å²) in [5, 5.41) is 14.1. The molecule has 2 rings (SSSR count). The van der Waals surface area contributed by atoms with Crippen LogP contribution in [0.2, 0.25) is 0 Å². The van der Waals surface area contributed by atoms with Gasteiger partial charge in [0.15, 0.2) is 0 Å². The molecule has 1 aromatic rings. The highest BCUT2D eigenvalue weighted by molar-refractivity contribution is 7.09. The lowest BCUT2D eigenvalue weighted by molar-refractivity contribution is -0.145. The van der Waals surface area contributed by atoms with Crippen LogP contribution in [0.25, 0.3) is 6.08 Å². The first kappa shape index (κ1) is 37.3. The number of aromatic nitrogens is 1. The number of hydrogen-bond acceptors (Lipinski definition) is 8. The highest BCUT2D eigenvalue weighted by atomic mass is 35.6. The highest BCUT2D eigenvalue weighted by Crippen LogP contribution is 2.34. The number of aliphatic hydroxyl groups is 1. The smallest absolute Gasteiger partial charge is 0.430 e. The molecule has 12 heteroatoms. The summed E-state index contributed by atoms with van der Waals surface area (Å²) in [6.07, 6.45) is 4.99. The van der Waals surface area contributed by atoms with E-state index in [9.17, 15) is 19.5 Å². The molecule has 0 aromatic carbocycles. The first-order valence-electron chi connectivity index (χ1n) is 14.1. The van der Waals surface area contributed by atoms with Gasteiger partial charge >= 0.3 is 6.16 Å². The lowest BCUT2D eigenvalue weighted by Crippen LogP contribution is -2.47. The summed E-state index contributed by atoms with van der Waals surface area (Å²) >= 11 is 18.7. The molecule has 1 aliphatic heterocycles. The first-order chi connectivity index (χ1) is 19.8. The molecule has 2 heterocycles. The maximum absolute atomic E-state index is 13.8. The molecule has 1 aromatic heterocycles. The molecule has 0 saturated heterocycles. The van der Waals surface area contributed by atoms with Crippen molar-refractivity contribution in [3.63, 3.8) is 0 Å². The number of aliphatic hydroxyl groups excluding tert-OH is 1. The number of carbonyl (C=O) groups is 3. The van der Waals surface area contributed by atoms with E-state index in [0.29, 0.717) is 13.0 Å². The Kier molecular flexibility index (Phi) is 13.8. The van der Waals surface area contributed by atoms with Crippen molar-refractivity contribution in [1.82, 2.24) is 9.88 Å². The maximum Gasteiger partial charge on any atom is 0.508 e. The summed E-state index contributed by atoms with van der Waals surface area (Å²) < 4.78 is 8.76. The zero-order chi connectivity index (χ0) is 32.7. The van der Waals surface area contributed by atoms with Crippen molar-refractivity contribution in [2.45, 2.75) is 77.3 Å². The second kappa shape index (κ2) is 15.9. The molecule has 1 amide bonds. The zero-order valence-corrected chi connectivity index (χ0v) is 29.1. The Morgan fingerprint density at radius 3 is 2.49 bits per heavy atom. The van der Waals surface area contributed by atoms with E-state index in [2.05, 4.69) is 11.1 Å². The van der Waals surface area contributed by atoms with Gasteiger partial charge in [-0.25, -0.2) is 9.78 Å². The number of alkyl halides is 3. The van der Waals surface area contributed by atoms with Crippen LogP contribution in [0, 0.1) is 30.1 Å². The summed E-state index contributed by atoms with van der Waals surface area (Å²) in [4.78, 5) is 45.7. The minimum absolute atomic E-state index is 0.124. The average Bonchev–Trinajstić information content (AvgIpc) is 3.32. The van der Waals surface area contributed by atoms with Gasteiger partial charge in [0.25, 0.3) is 0 Å². The van der Waals surface area contributed by atoms with Crippen LogP contribution >= 0.6 is 46.1 Å². The largest absolute Gasteiger partial charge is 0.508 e. The minimum Gasteiger partial charge on any atom is -0.430 e. The van der Waals surface area contributed by atoms with E-state index in [1.165, 1.54) is 0 Å². The predicted octanol–water partition coefficient (Wildman–Crippen LogP) is 7.35. The molecule has 8 nitrogen and oxygen atoms in total. The number of thiazole rings is 1. The van der Waals surface area contributed by atoms with Crippen LogP contribution < -0.4 is 0 Å². The number of Topliss-reactive ketones (excluding diaryl/α,β-unsaturated/α-hetero) is 1. The number of carbonyl (C=O) groups excluding carboxylic acids is 3. The van der Waals surface area contributed by atoms with Crippen LogP contribution in [0.1, 0.15) is 65.1 Å². The van der Waals surface area contributed by atoms with Crippen molar-refractivity contribution in [2.75, 3.05) is 20.2 Å². The Labute approximate surface area is 274 Å². The van der Waals surface area contributed by atoms with E-state index < -0.39 is 40.1 Å². The van der Waals surface area contributed by atoms with Crippen LogP contribution in [0.15, 0.2) is 34.8 Å². The second-order valence-electron chi connectivity index (χ2n) is 11.9. The number of hydrogen-bond donors (Lipinski definition) is 1. The number of aryl methyl sites for hydroxylation is 1. The van der Waals surface area contributed by atoms with Gasteiger partial charge in [-0.15, -0.1) is 11.3 Å². The van der Waals surface area contributed by atoms with Gasteiger partial charge in [-0.3, -0.25) is 9.59 Å². The predicted molar refractivity (Wildman–Crippen MR) is 173 cm³/mol. The standard InChI is InChI=1S/C31H43Cl3N2O6S/c1-18-10-9-11-19(2)27(42-29(40)41-17-31(32,33)34)21(4)28(39)30(6,7)25(37)14-26(38)36(8)15-23(12-18)20(3)13-24-16-43-22(5)35-24/h9-10,12-13,16,19,21,23,25,27,37H,11,14-15,17H2,1-8H3/t19-,21+,23+,25-,27-/m0/s1. The number of amides is 1. The molecule has 5 atom stereocenters. The van der Waals surface area contributed by atoms with E-state index in [4.69, 9.17) is 44.3 Å². The summed E-state index contributed by atoms with van der Waals surface area (Å²) in [7, 11) is 1.69.